The van der Waals surface area contributed by atoms with Gasteiger partial charge in [-0.15, -0.1) is 11.3 Å². The van der Waals surface area contributed by atoms with Gasteiger partial charge in [0.25, 0.3) is 11.6 Å². The van der Waals surface area contributed by atoms with Crippen molar-refractivity contribution in [3.05, 3.63) is 92.6 Å². The van der Waals surface area contributed by atoms with Crippen LogP contribution in [-0.2, 0) is 36.8 Å². The SMILES string of the molecule is CCn1c(-c2cccnc2[C@H](C)OC)c2c3cc(ccc31)-c1csc(n1)[C@@H](OCCN(C)C)[C@H](NC(=O)Oc1ccc([N+](=O)[O-])cc1)C(=O)N1CCC[C@H](N1)C(=O)OCC(C)(C)C2. The number of cyclic esters (lactones) is 1. The minimum absolute atomic E-state index is 0.0250. The molecular weight excluding hydrogens is 829 g/mol. The van der Waals surface area contributed by atoms with Crippen LogP contribution in [0.3, 0.4) is 0 Å². The van der Waals surface area contributed by atoms with Crippen molar-refractivity contribution >= 4 is 45.9 Å². The third-order valence-electron chi connectivity index (χ3n) is 11.3. The van der Waals surface area contributed by atoms with E-state index in [1.54, 1.807) is 13.3 Å². The third kappa shape index (κ3) is 10.0. The number of esters is 1. The van der Waals surface area contributed by atoms with Crippen molar-refractivity contribution < 1.29 is 38.3 Å². The number of amides is 2. The van der Waals surface area contributed by atoms with Crippen LogP contribution in [0, 0.1) is 15.5 Å². The monoisotopic (exact) mass is 882 g/mol. The minimum Gasteiger partial charge on any atom is -0.464 e. The number of non-ortho nitro benzene ring substituents is 1. The molecule has 2 N–H and O–H groups in total. The Balaban J connectivity index is 1.37. The van der Waals surface area contributed by atoms with Gasteiger partial charge in [-0.3, -0.25) is 29.7 Å². The summed E-state index contributed by atoms with van der Waals surface area (Å²) >= 11 is 1.29. The lowest BCUT2D eigenvalue weighted by atomic mass is 9.84. The molecule has 2 aliphatic heterocycles. The number of pyridine rings is 1. The van der Waals surface area contributed by atoms with E-state index in [0.717, 1.165) is 39.0 Å². The number of fused-ring (bicyclic) bond motifs is 6. The molecule has 0 radical (unpaired) electrons. The van der Waals surface area contributed by atoms with Gasteiger partial charge in [-0.1, -0.05) is 19.9 Å². The first-order valence-electron chi connectivity index (χ1n) is 21.0. The lowest BCUT2D eigenvalue weighted by Crippen LogP contribution is -2.61. The van der Waals surface area contributed by atoms with E-state index in [-0.39, 0.29) is 37.3 Å². The Labute approximate surface area is 369 Å². The number of ether oxygens (including phenoxy) is 4. The van der Waals surface area contributed by atoms with Crippen molar-refractivity contribution in [1.29, 1.82) is 0 Å². The molecule has 2 aliphatic rings. The van der Waals surface area contributed by atoms with E-state index < -0.39 is 46.5 Å². The zero-order valence-electron chi connectivity index (χ0n) is 36.6. The summed E-state index contributed by atoms with van der Waals surface area (Å²) in [4.78, 5) is 64.8. The Bertz CT molecular complexity index is 2470. The zero-order valence-corrected chi connectivity index (χ0v) is 37.4. The van der Waals surface area contributed by atoms with Gasteiger partial charge in [0, 0.05) is 77.9 Å². The fourth-order valence-corrected chi connectivity index (χ4v) is 8.93. The lowest BCUT2D eigenvalue weighted by Gasteiger charge is -2.37. The second-order valence-electron chi connectivity index (χ2n) is 16.8. The van der Waals surface area contributed by atoms with E-state index in [2.05, 4.69) is 54.3 Å². The number of aryl methyl sites for hydroxylation is 1. The Kier molecular flexibility index (Phi) is 13.9. The van der Waals surface area contributed by atoms with E-state index >= 15 is 0 Å². The van der Waals surface area contributed by atoms with E-state index in [0.29, 0.717) is 43.1 Å². The second kappa shape index (κ2) is 19.3. The first-order chi connectivity index (χ1) is 30.2. The van der Waals surface area contributed by atoms with Gasteiger partial charge in [0.05, 0.1) is 41.3 Å². The molecule has 0 saturated carbocycles. The van der Waals surface area contributed by atoms with Crippen molar-refractivity contribution in [1.82, 2.24) is 35.2 Å². The summed E-state index contributed by atoms with van der Waals surface area (Å²) < 4.78 is 26.2. The molecule has 0 spiro atoms. The van der Waals surface area contributed by atoms with Crippen LogP contribution in [0.25, 0.3) is 33.4 Å². The summed E-state index contributed by atoms with van der Waals surface area (Å²) in [7, 11) is 5.46. The number of carbonyl (C=O) groups is 3. The van der Waals surface area contributed by atoms with Gasteiger partial charge in [0.2, 0.25) is 0 Å². The van der Waals surface area contributed by atoms with Gasteiger partial charge in [0.15, 0.2) is 0 Å². The van der Waals surface area contributed by atoms with Gasteiger partial charge in [-0.2, -0.15) is 0 Å². The molecular formula is C45H54N8O9S. The third-order valence-corrected chi connectivity index (χ3v) is 12.2. The summed E-state index contributed by atoms with van der Waals surface area (Å²) in [5.74, 6) is -1.07. The van der Waals surface area contributed by atoms with Crippen LogP contribution < -0.4 is 15.5 Å². The average Bonchev–Trinajstić information content (AvgIpc) is 3.88. The standard InChI is InChI=1S/C45H54N8O9S/c1-8-51-36-18-13-28-23-32(36)33(39(51)31-11-9-19-46-37(31)27(2)59-7)24-45(3,4)26-61-43(55)34-12-10-20-52(49-34)42(54)38(40(60-22-21-50(5)6)41-47-35(28)25-63-41)48-44(56)62-30-16-14-29(15-17-30)53(57)58/h9,11,13-19,23,25,27,34,38,40,49H,8,10,12,20-22,24,26H2,1-7H3,(H,48,56)/t27-,34-,38-,40-/m0/s1. The number of nitrogens with one attached hydrogen (secondary N) is 2. The van der Waals surface area contributed by atoms with Crippen molar-refractivity contribution in [2.24, 2.45) is 5.41 Å². The number of nitro benzene ring substituents is 1. The second-order valence-corrected chi connectivity index (χ2v) is 17.7. The Morgan fingerprint density at radius 3 is 2.67 bits per heavy atom. The van der Waals surface area contributed by atoms with Crippen LogP contribution in [0.15, 0.2) is 66.2 Å². The summed E-state index contributed by atoms with van der Waals surface area (Å²) in [6, 6.07) is 13.0. The molecule has 1 fully saturated rings. The van der Waals surface area contributed by atoms with Crippen LogP contribution in [0.5, 0.6) is 5.75 Å². The summed E-state index contributed by atoms with van der Waals surface area (Å²) in [5, 5.41) is 18.6. The van der Waals surface area contributed by atoms with Gasteiger partial charge in [0.1, 0.15) is 28.9 Å². The van der Waals surface area contributed by atoms with Gasteiger partial charge in [-0.05, 0) is 89.2 Å². The molecule has 6 bridgehead atoms. The first-order valence-corrected chi connectivity index (χ1v) is 21.9. The molecule has 5 aromatic rings. The summed E-state index contributed by atoms with van der Waals surface area (Å²) in [6.07, 6.45) is 0.838. The van der Waals surface area contributed by atoms with Gasteiger partial charge in [-0.25, -0.2) is 15.2 Å². The number of hydrazine groups is 1. The van der Waals surface area contributed by atoms with Gasteiger partial charge >= 0.3 is 12.1 Å². The quantitative estimate of drug-likeness (QED) is 0.0795. The number of benzene rings is 2. The number of hydrogen-bond donors (Lipinski definition) is 2. The Morgan fingerprint density at radius 1 is 1.17 bits per heavy atom. The number of nitrogens with zero attached hydrogens (tertiary/aromatic N) is 6. The largest absolute Gasteiger partial charge is 0.464 e. The summed E-state index contributed by atoms with van der Waals surface area (Å²) in [6.45, 7) is 9.90. The van der Waals surface area contributed by atoms with Crippen molar-refractivity contribution in [2.75, 3.05) is 47.5 Å². The fraction of sp³-hybridized carbons (Fsp3) is 0.444. The molecule has 3 aromatic heterocycles. The molecule has 7 rings (SSSR count). The van der Waals surface area contributed by atoms with E-state index in [9.17, 15) is 24.5 Å². The number of nitro groups is 1. The number of rotatable bonds is 11. The molecule has 1 saturated heterocycles. The number of likely N-dealkylation sites (N-methyl/N-ethyl adjacent to an activating group) is 1. The maximum atomic E-state index is 14.7. The highest BCUT2D eigenvalue weighted by molar-refractivity contribution is 7.10. The number of hydrogen-bond acceptors (Lipinski definition) is 14. The molecule has 0 unspecified atom stereocenters. The predicted molar refractivity (Wildman–Crippen MR) is 237 cm³/mol. The van der Waals surface area contributed by atoms with E-state index in [1.165, 1.54) is 40.6 Å². The van der Waals surface area contributed by atoms with E-state index in [4.69, 9.17) is 28.9 Å². The maximum Gasteiger partial charge on any atom is 0.413 e. The summed E-state index contributed by atoms with van der Waals surface area (Å²) in [5.41, 5.74) is 8.70. The number of aromatic nitrogens is 3. The zero-order chi connectivity index (χ0) is 45.0. The molecule has 2 aromatic carbocycles. The molecule has 2 amide bonds. The number of carbonyl (C=O) groups excluding carboxylic acids is 3. The highest BCUT2D eigenvalue weighted by Crippen LogP contribution is 2.42. The van der Waals surface area contributed by atoms with Crippen molar-refractivity contribution in [3.8, 4) is 28.3 Å². The fourth-order valence-electron chi connectivity index (χ4n) is 8.02. The Morgan fingerprint density at radius 2 is 1.95 bits per heavy atom. The predicted octanol–water partition coefficient (Wildman–Crippen LogP) is 6.86. The van der Waals surface area contributed by atoms with E-state index in [1.807, 2.05) is 43.4 Å². The van der Waals surface area contributed by atoms with Crippen LogP contribution in [0.1, 0.15) is 69.0 Å². The molecule has 5 heterocycles. The topological polar surface area (TPSA) is 193 Å². The molecule has 17 nitrogen and oxygen atoms in total. The minimum atomic E-state index is -1.39. The highest BCUT2D eigenvalue weighted by Gasteiger charge is 2.41. The first kappa shape index (κ1) is 45.2. The maximum absolute atomic E-state index is 14.7. The number of thiazole rings is 1. The molecule has 334 valence electrons. The molecule has 18 heteroatoms. The Hall–Kier alpha value is -5.79. The molecule has 63 heavy (non-hydrogen) atoms. The molecule has 4 atom stereocenters. The van der Waals surface area contributed by atoms with Crippen molar-refractivity contribution in [2.45, 2.75) is 77.8 Å². The number of methoxy groups -OCH3 is 1. The highest BCUT2D eigenvalue weighted by atomic mass is 32.1. The van der Waals surface area contributed by atoms with Crippen LogP contribution >= 0.6 is 11.3 Å². The average molecular weight is 883 g/mol. The van der Waals surface area contributed by atoms with Crippen LogP contribution in [0.2, 0.25) is 0 Å². The smallest absolute Gasteiger partial charge is 0.413 e. The normalized spacial score (nSPS) is 19.7. The van der Waals surface area contributed by atoms with Gasteiger partial charge < -0.3 is 33.7 Å². The molecule has 0 aliphatic carbocycles. The van der Waals surface area contributed by atoms with Crippen LogP contribution in [-0.4, -0.2) is 107 Å². The lowest BCUT2D eigenvalue weighted by molar-refractivity contribution is -0.384. The van der Waals surface area contributed by atoms with Crippen molar-refractivity contribution in [3.63, 3.8) is 0 Å². The van der Waals surface area contributed by atoms with Crippen LogP contribution in [0.4, 0.5) is 10.5 Å².